The fraction of sp³-hybridized carbons (Fsp3) is 0.575. The molecule has 56 heavy (non-hydrogen) atoms. The van der Waals surface area contributed by atoms with Crippen molar-refractivity contribution in [3.8, 4) is 17.3 Å². The van der Waals surface area contributed by atoms with Crippen LogP contribution in [-0.2, 0) is 27.1 Å². The summed E-state index contributed by atoms with van der Waals surface area (Å²) in [5, 5.41) is 14.4. The van der Waals surface area contributed by atoms with Gasteiger partial charge in [0.15, 0.2) is 25.1 Å². The zero-order chi connectivity index (χ0) is 40.5. The van der Waals surface area contributed by atoms with Gasteiger partial charge in [-0.05, 0) is 75.5 Å². The Kier molecular flexibility index (Phi) is 10.9. The van der Waals surface area contributed by atoms with Gasteiger partial charge in [0.2, 0.25) is 0 Å². The van der Waals surface area contributed by atoms with Gasteiger partial charge >= 0.3 is 6.09 Å². The third kappa shape index (κ3) is 7.51. The molecule has 1 N–H and O–H groups in total. The molecule has 2 unspecified atom stereocenters. The van der Waals surface area contributed by atoms with Crippen LogP contribution in [0.3, 0.4) is 0 Å². The summed E-state index contributed by atoms with van der Waals surface area (Å²) in [5.74, 6) is 0.0722. The Balaban J connectivity index is 1.32. The Morgan fingerprint density at radius 1 is 1.12 bits per heavy atom. The number of carbonyl (C=O) groups is 1. The second kappa shape index (κ2) is 15.0. The van der Waals surface area contributed by atoms with E-state index in [9.17, 15) is 10.1 Å². The maximum absolute atomic E-state index is 17.6. The van der Waals surface area contributed by atoms with Crippen LogP contribution in [0.1, 0.15) is 84.9 Å². The average molecular weight is 824 g/mol. The van der Waals surface area contributed by atoms with Gasteiger partial charge in [-0.3, -0.25) is 15.2 Å². The Hall–Kier alpha value is -3.46. The van der Waals surface area contributed by atoms with Gasteiger partial charge in [-0.15, -0.1) is 11.3 Å². The standard InChI is InChI=1S/C40H51F2N7O4S2Si/c1-11-54-37-45-33-30(35(46-37)49-22-12-13-23(49)18-48(17-22)16-21(2)53-56(9,10)40(6,7)8)26-20-51-19-25(26)28(31(33)42)32-29-24(14-43)36(47-38(50)52-39(3,4)5)55-34(29)27(41)15-44-32/h15,21-23H,11-13,16-20H2,1-10H3,(H,47,50)/t21-,22?,23?/m1/s1. The number of halogens is 2. The number of nitrogens with one attached hydrogen (secondary N) is 1. The molecule has 1 aromatic carbocycles. The van der Waals surface area contributed by atoms with E-state index in [0.29, 0.717) is 27.7 Å². The third-order valence-electron chi connectivity index (χ3n) is 11.3. The van der Waals surface area contributed by atoms with Gasteiger partial charge < -0.3 is 18.8 Å². The number of carbonyl (C=O) groups excluding carboxylic acids is 1. The van der Waals surface area contributed by atoms with Gasteiger partial charge in [0, 0.05) is 42.7 Å². The molecule has 3 atom stereocenters. The second-order valence-electron chi connectivity index (χ2n) is 17.5. The topological polar surface area (TPSA) is 126 Å². The molecule has 2 fully saturated rings. The van der Waals surface area contributed by atoms with E-state index in [4.69, 9.17) is 23.9 Å². The van der Waals surface area contributed by atoms with Crippen molar-refractivity contribution in [3.05, 3.63) is 34.5 Å². The summed E-state index contributed by atoms with van der Waals surface area (Å²) in [6.45, 7) is 23.5. The summed E-state index contributed by atoms with van der Waals surface area (Å²) in [5.41, 5.74) is 0.820. The van der Waals surface area contributed by atoms with E-state index in [2.05, 4.69) is 67.0 Å². The van der Waals surface area contributed by atoms with E-state index < -0.39 is 31.6 Å². The number of anilines is 2. The maximum Gasteiger partial charge on any atom is 0.412 e. The summed E-state index contributed by atoms with van der Waals surface area (Å²) >= 11 is 2.32. The Morgan fingerprint density at radius 3 is 2.43 bits per heavy atom. The molecular weight excluding hydrogens is 773 g/mol. The van der Waals surface area contributed by atoms with Crippen LogP contribution in [0.4, 0.5) is 24.4 Å². The molecule has 7 rings (SSSR count). The Morgan fingerprint density at radius 2 is 1.80 bits per heavy atom. The predicted molar refractivity (Wildman–Crippen MR) is 221 cm³/mol. The molecule has 1 amide bonds. The first-order chi connectivity index (χ1) is 26.3. The first kappa shape index (κ1) is 40.7. The fourth-order valence-corrected chi connectivity index (χ4v) is 11.1. The molecule has 3 aliphatic heterocycles. The van der Waals surface area contributed by atoms with E-state index >= 15 is 8.78 Å². The highest BCUT2D eigenvalue weighted by Gasteiger charge is 2.44. The van der Waals surface area contributed by atoms with Gasteiger partial charge in [-0.2, -0.15) is 5.26 Å². The van der Waals surface area contributed by atoms with E-state index in [1.165, 1.54) is 11.8 Å². The number of nitrogens with zero attached hydrogens (tertiary/aromatic N) is 6. The molecule has 11 nitrogen and oxygen atoms in total. The molecule has 0 spiro atoms. The summed E-state index contributed by atoms with van der Waals surface area (Å²) in [6.07, 6.45) is 2.31. The van der Waals surface area contributed by atoms with Gasteiger partial charge in [0.25, 0.3) is 0 Å². The summed E-state index contributed by atoms with van der Waals surface area (Å²) in [7, 11) is -1.93. The number of rotatable bonds is 9. The number of ether oxygens (including phenoxy) is 2. The average Bonchev–Trinajstić information content (AvgIpc) is 3.78. The summed E-state index contributed by atoms with van der Waals surface area (Å²) < 4.78 is 51.3. The highest BCUT2D eigenvalue weighted by Crippen LogP contribution is 2.49. The number of thiophene rings is 1. The number of nitriles is 1. The van der Waals surface area contributed by atoms with Crippen molar-refractivity contribution in [2.24, 2.45) is 0 Å². The van der Waals surface area contributed by atoms with Crippen molar-refractivity contribution >= 4 is 69.3 Å². The molecule has 2 saturated heterocycles. The lowest BCUT2D eigenvalue weighted by Crippen LogP contribution is -2.56. The highest BCUT2D eigenvalue weighted by molar-refractivity contribution is 7.99. The van der Waals surface area contributed by atoms with Gasteiger partial charge in [0.1, 0.15) is 28.0 Å². The minimum atomic E-state index is -1.93. The molecule has 300 valence electrons. The van der Waals surface area contributed by atoms with Crippen LogP contribution in [-0.4, -0.2) is 83.4 Å². The van der Waals surface area contributed by atoms with E-state index in [-0.39, 0.29) is 73.9 Å². The SMILES string of the molecule is CCSc1nc(N2C3CCC2CN(C[C@@H](C)O[Si](C)(C)C(C)(C)C)C3)c2c3c(c(-c4ncc(F)c5sc(NC(=O)OC(C)(C)C)c(C#N)c45)c(F)c2n1)COC3. The molecule has 4 aromatic rings. The molecule has 2 bridgehead atoms. The summed E-state index contributed by atoms with van der Waals surface area (Å²) in [4.78, 5) is 32.1. The van der Waals surface area contributed by atoms with Crippen LogP contribution in [0.5, 0.6) is 0 Å². The van der Waals surface area contributed by atoms with Crippen LogP contribution in [0, 0.1) is 23.0 Å². The van der Waals surface area contributed by atoms with Crippen molar-refractivity contribution in [1.82, 2.24) is 19.9 Å². The van der Waals surface area contributed by atoms with Crippen LogP contribution >= 0.6 is 23.1 Å². The number of benzene rings is 1. The minimum Gasteiger partial charge on any atom is -0.444 e. The Labute approximate surface area is 336 Å². The zero-order valence-electron chi connectivity index (χ0n) is 33.9. The van der Waals surface area contributed by atoms with Crippen molar-refractivity contribution in [2.45, 2.75) is 129 Å². The molecule has 3 aromatic heterocycles. The van der Waals surface area contributed by atoms with Crippen molar-refractivity contribution in [3.63, 3.8) is 0 Å². The molecule has 6 heterocycles. The first-order valence-corrected chi connectivity index (χ1v) is 24.0. The highest BCUT2D eigenvalue weighted by atomic mass is 32.2. The number of amides is 1. The number of pyridine rings is 1. The van der Waals surface area contributed by atoms with Gasteiger partial charge in [-0.25, -0.2) is 23.5 Å². The number of thioether (sulfide) groups is 1. The van der Waals surface area contributed by atoms with Gasteiger partial charge in [0.05, 0.1) is 46.9 Å². The van der Waals surface area contributed by atoms with Crippen LogP contribution in [0.25, 0.3) is 32.2 Å². The smallest absolute Gasteiger partial charge is 0.412 e. The largest absolute Gasteiger partial charge is 0.444 e. The number of likely N-dealkylation sites (tertiary alicyclic amines) is 1. The lowest BCUT2D eigenvalue weighted by atomic mass is 9.93. The predicted octanol–water partition coefficient (Wildman–Crippen LogP) is 9.61. The van der Waals surface area contributed by atoms with E-state index in [1.807, 2.05) is 6.92 Å². The molecule has 0 aliphatic carbocycles. The molecular formula is C40H51F2N7O4S2Si. The van der Waals surface area contributed by atoms with E-state index in [0.717, 1.165) is 55.6 Å². The van der Waals surface area contributed by atoms with E-state index in [1.54, 1.807) is 20.8 Å². The van der Waals surface area contributed by atoms with Crippen LogP contribution in [0.15, 0.2) is 11.4 Å². The van der Waals surface area contributed by atoms with Gasteiger partial charge in [-0.1, -0.05) is 39.5 Å². The quantitative estimate of drug-likeness (QED) is 0.0986. The minimum absolute atomic E-state index is 0.0332. The zero-order valence-corrected chi connectivity index (χ0v) is 36.5. The van der Waals surface area contributed by atoms with Crippen LogP contribution in [0.2, 0.25) is 18.1 Å². The number of hydrogen-bond donors (Lipinski definition) is 1. The number of fused-ring (bicyclic) bond motifs is 6. The molecule has 0 radical (unpaired) electrons. The molecule has 0 saturated carbocycles. The maximum atomic E-state index is 17.6. The van der Waals surface area contributed by atoms with Crippen molar-refractivity contribution < 1.29 is 27.5 Å². The van der Waals surface area contributed by atoms with Crippen molar-refractivity contribution in [1.29, 1.82) is 5.26 Å². The lowest BCUT2D eigenvalue weighted by molar-refractivity contribution is 0.0636. The second-order valence-corrected chi connectivity index (χ2v) is 24.5. The fourth-order valence-electron chi connectivity index (χ4n) is 8.04. The summed E-state index contributed by atoms with van der Waals surface area (Å²) in [6, 6.07) is 2.45. The number of hydrogen-bond acceptors (Lipinski definition) is 12. The normalized spacial score (nSPS) is 19.4. The molecule has 16 heteroatoms. The lowest BCUT2D eigenvalue weighted by Gasteiger charge is -2.44. The monoisotopic (exact) mass is 823 g/mol. The third-order valence-corrected chi connectivity index (χ3v) is 17.7. The van der Waals surface area contributed by atoms with Crippen molar-refractivity contribution in [2.75, 3.05) is 35.6 Å². The first-order valence-electron chi connectivity index (χ1n) is 19.3. The number of aromatic nitrogens is 3. The Bertz CT molecular complexity index is 2240. The molecule has 3 aliphatic rings. The number of piperazine rings is 1. The van der Waals surface area contributed by atoms with Crippen LogP contribution < -0.4 is 10.2 Å².